The number of benzene rings is 1. The monoisotopic (exact) mass is 243 g/mol. The van der Waals surface area contributed by atoms with E-state index in [-0.39, 0.29) is 0 Å². The lowest BCUT2D eigenvalue weighted by molar-refractivity contribution is 1.04. The summed E-state index contributed by atoms with van der Waals surface area (Å²) >= 11 is 1.60. The van der Waals surface area contributed by atoms with Gasteiger partial charge in [0.2, 0.25) is 0 Å². The van der Waals surface area contributed by atoms with Crippen molar-refractivity contribution in [1.82, 2.24) is 4.98 Å². The van der Waals surface area contributed by atoms with Crippen LogP contribution in [0.2, 0.25) is 0 Å². The maximum atomic E-state index is 9.07. The van der Waals surface area contributed by atoms with Gasteiger partial charge in [0.25, 0.3) is 0 Å². The first kappa shape index (κ1) is 11.6. The first-order valence-corrected chi connectivity index (χ1v) is 6.31. The minimum Gasteiger partial charge on any atom is -0.320 e. The Bertz CT molecular complexity index is 554. The third-order valence-electron chi connectivity index (χ3n) is 2.57. The lowest BCUT2D eigenvalue weighted by Crippen LogP contribution is -2.10. The molecular weight excluding hydrogens is 230 g/mol. The second-order valence-electron chi connectivity index (χ2n) is 3.66. The number of hydrogen-bond acceptors (Lipinski definition) is 4. The van der Waals surface area contributed by atoms with Crippen molar-refractivity contribution >= 4 is 22.2 Å². The molecule has 0 unspecified atom stereocenters. The molecule has 0 aliphatic heterocycles. The highest BCUT2D eigenvalue weighted by Gasteiger charge is 2.11. The van der Waals surface area contributed by atoms with Crippen molar-refractivity contribution in [3.05, 3.63) is 40.9 Å². The normalized spacial score (nSPS) is 9.94. The number of hydrogen-bond donors (Lipinski definition) is 0. The topological polar surface area (TPSA) is 39.9 Å². The molecule has 0 saturated carbocycles. The second-order valence-corrected chi connectivity index (χ2v) is 4.50. The molecule has 2 aromatic rings. The van der Waals surface area contributed by atoms with Crippen molar-refractivity contribution in [2.45, 2.75) is 13.3 Å². The molecule has 1 aromatic carbocycles. The largest absolute Gasteiger partial charge is 0.320 e. The number of rotatable bonds is 3. The Labute approximate surface area is 105 Å². The predicted octanol–water partition coefficient (Wildman–Crippen LogP) is 3.35. The number of aromatic nitrogens is 1. The van der Waals surface area contributed by atoms with Gasteiger partial charge >= 0.3 is 0 Å². The predicted molar refractivity (Wildman–Crippen MR) is 70.7 cm³/mol. The van der Waals surface area contributed by atoms with Gasteiger partial charge in [0, 0.05) is 12.4 Å². The molecule has 0 radical (unpaired) electrons. The van der Waals surface area contributed by atoms with Crippen LogP contribution in [0, 0.1) is 11.3 Å². The van der Waals surface area contributed by atoms with Crippen molar-refractivity contribution in [2.24, 2.45) is 0 Å². The maximum Gasteiger partial charge on any atom is 0.189 e. The number of para-hydroxylation sites is 1. The van der Waals surface area contributed by atoms with Crippen LogP contribution in [0.3, 0.4) is 0 Å². The van der Waals surface area contributed by atoms with E-state index < -0.39 is 0 Å². The molecule has 4 heteroatoms. The van der Waals surface area contributed by atoms with Crippen LogP contribution < -0.4 is 4.90 Å². The summed E-state index contributed by atoms with van der Waals surface area (Å²) in [6.45, 7) is 2.09. The molecule has 86 valence electrons. The van der Waals surface area contributed by atoms with E-state index in [9.17, 15) is 0 Å². The fraction of sp³-hybridized carbons (Fsp3) is 0.231. The fourth-order valence-electron chi connectivity index (χ4n) is 1.58. The van der Waals surface area contributed by atoms with Crippen molar-refractivity contribution < 1.29 is 0 Å². The van der Waals surface area contributed by atoms with E-state index >= 15 is 0 Å². The molecule has 1 heterocycles. The number of nitriles is 1. The van der Waals surface area contributed by atoms with E-state index in [1.165, 1.54) is 0 Å². The van der Waals surface area contributed by atoms with Gasteiger partial charge in [0.05, 0.1) is 16.9 Å². The minimum absolute atomic E-state index is 0.670. The average molecular weight is 243 g/mol. The minimum atomic E-state index is 0.670. The van der Waals surface area contributed by atoms with Crippen LogP contribution in [0.5, 0.6) is 0 Å². The zero-order valence-electron chi connectivity index (χ0n) is 9.84. The molecule has 17 heavy (non-hydrogen) atoms. The molecule has 2 rings (SSSR count). The van der Waals surface area contributed by atoms with Crippen LogP contribution in [-0.4, -0.2) is 12.0 Å². The lowest BCUT2D eigenvalue weighted by atomic mass is 10.2. The van der Waals surface area contributed by atoms with Crippen LogP contribution in [0.1, 0.15) is 18.2 Å². The van der Waals surface area contributed by atoms with E-state index in [0.29, 0.717) is 5.56 Å². The first-order chi connectivity index (χ1) is 8.26. The lowest BCUT2D eigenvalue weighted by Gasteiger charge is -2.16. The maximum absolute atomic E-state index is 9.07. The van der Waals surface area contributed by atoms with E-state index in [4.69, 9.17) is 5.26 Å². The van der Waals surface area contributed by atoms with Gasteiger partial charge in [0.15, 0.2) is 5.13 Å². The van der Waals surface area contributed by atoms with Crippen LogP contribution in [0.4, 0.5) is 10.8 Å². The molecule has 1 aromatic heterocycles. The number of thiazole rings is 1. The van der Waals surface area contributed by atoms with Gasteiger partial charge in [-0.3, -0.25) is 0 Å². The Morgan fingerprint density at radius 3 is 2.82 bits per heavy atom. The molecule has 0 aliphatic carbocycles. The molecule has 0 saturated heterocycles. The van der Waals surface area contributed by atoms with Gasteiger partial charge in [-0.1, -0.05) is 19.1 Å². The molecule has 0 bridgehead atoms. The number of anilines is 2. The fourth-order valence-corrected chi connectivity index (χ4v) is 2.46. The summed E-state index contributed by atoms with van der Waals surface area (Å²) in [7, 11) is 1.94. The van der Waals surface area contributed by atoms with Gasteiger partial charge in [-0.15, -0.1) is 11.3 Å². The summed E-state index contributed by atoms with van der Waals surface area (Å²) in [4.78, 5) is 6.48. The quantitative estimate of drug-likeness (QED) is 0.830. The number of nitrogens with zero attached hydrogens (tertiary/aromatic N) is 3. The Hall–Kier alpha value is -1.86. The molecular formula is C13H13N3S. The van der Waals surface area contributed by atoms with Gasteiger partial charge in [0.1, 0.15) is 6.07 Å². The molecule has 0 N–H and O–H groups in total. The van der Waals surface area contributed by atoms with Gasteiger partial charge in [-0.25, -0.2) is 4.98 Å². The van der Waals surface area contributed by atoms with E-state index in [2.05, 4.69) is 23.4 Å². The Balaban J connectivity index is 2.37. The van der Waals surface area contributed by atoms with Crippen molar-refractivity contribution in [1.29, 1.82) is 5.26 Å². The highest BCUT2D eigenvalue weighted by atomic mass is 32.1. The van der Waals surface area contributed by atoms with E-state index in [0.717, 1.165) is 22.9 Å². The third kappa shape index (κ3) is 2.29. The summed E-state index contributed by atoms with van der Waals surface area (Å²) in [5.74, 6) is 0. The second kappa shape index (κ2) is 4.98. The zero-order valence-corrected chi connectivity index (χ0v) is 10.7. The molecule has 0 spiro atoms. The first-order valence-electron chi connectivity index (χ1n) is 5.43. The summed E-state index contributed by atoms with van der Waals surface area (Å²) in [6.07, 6.45) is 0.935. The zero-order chi connectivity index (χ0) is 12.3. The summed E-state index contributed by atoms with van der Waals surface area (Å²) in [6, 6.07) is 9.76. The molecule has 0 aliphatic rings. The Kier molecular flexibility index (Phi) is 3.40. The highest BCUT2D eigenvalue weighted by molar-refractivity contribution is 7.13. The standard InChI is InChI=1S/C13H13N3S/c1-3-11-9-17-13(15-11)16(2)12-7-5-4-6-10(12)8-14/h4-7,9H,3H2,1-2H3. The van der Waals surface area contributed by atoms with Crippen LogP contribution in [0.15, 0.2) is 29.6 Å². The summed E-state index contributed by atoms with van der Waals surface area (Å²) in [5.41, 5.74) is 2.65. The Morgan fingerprint density at radius 2 is 2.18 bits per heavy atom. The highest BCUT2D eigenvalue weighted by Crippen LogP contribution is 2.29. The third-order valence-corrected chi connectivity index (χ3v) is 3.54. The van der Waals surface area contributed by atoms with E-state index in [1.54, 1.807) is 11.3 Å². The number of aryl methyl sites for hydroxylation is 1. The molecule has 0 atom stereocenters. The summed E-state index contributed by atoms with van der Waals surface area (Å²) < 4.78 is 0. The smallest absolute Gasteiger partial charge is 0.189 e. The SMILES string of the molecule is CCc1csc(N(C)c2ccccc2C#N)n1. The van der Waals surface area contributed by atoms with Crippen LogP contribution >= 0.6 is 11.3 Å². The van der Waals surface area contributed by atoms with E-state index in [1.807, 2.05) is 36.2 Å². The summed E-state index contributed by atoms with van der Waals surface area (Å²) in [5, 5.41) is 12.0. The average Bonchev–Trinajstić information content (AvgIpc) is 2.86. The van der Waals surface area contributed by atoms with Gasteiger partial charge in [-0.2, -0.15) is 5.26 Å². The van der Waals surface area contributed by atoms with Crippen molar-refractivity contribution in [3.63, 3.8) is 0 Å². The van der Waals surface area contributed by atoms with Gasteiger partial charge < -0.3 is 4.90 Å². The van der Waals surface area contributed by atoms with Gasteiger partial charge in [-0.05, 0) is 18.6 Å². The van der Waals surface area contributed by atoms with Crippen molar-refractivity contribution in [2.75, 3.05) is 11.9 Å². The van der Waals surface area contributed by atoms with Crippen LogP contribution in [0.25, 0.3) is 0 Å². The van der Waals surface area contributed by atoms with Crippen molar-refractivity contribution in [3.8, 4) is 6.07 Å². The molecule has 0 fully saturated rings. The Morgan fingerprint density at radius 1 is 1.41 bits per heavy atom. The van der Waals surface area contributed by atoms with Crippen LogP contribution in [-0.2, 0) is 6.42 Å². The molecule has 3 nitrogen and oxygen atoms in total. The molecule has 0 amide bonds.